The van der Waals surface area contributed by atoms with Crippen LogP contribution in [0.2, 0.25) is 0 Å². The molecule has 0 unspecified atom stereocenters. The van der Waals surface area contributed by atoms with Gasteiger partial charge in [0.1, 0.15) is 0 Å². The maximum atomic E-state index is 4.60. The maximum Gasteiger partial charge on any atom is 0.191 e. The van der Waals surface area contributed by atoms with Crippen molar-refractivity contribution in [3.05, 3.63) is 45.4 Å². The minimum atomic E-state index is 0.697. The fourth-order valence-electron chi connectivity index (χ4n) is 3.70. The number of piperidine rings is 1. The van der Waals surface area contributed by atoms with Gasteiger partial charge in [-0.25, -0.2) is 4.98 Å². The van der Waals surface area contributed by atoms with Crippen LogP contribution in [0.1, 0.15) is 34.7 Å². The van der Waals surface area contributed by atoms with Crippen molar-refractivity contribution >= 4 is 29.1 Å². The Hall–Kier alpha value is -1.57. The van der Waals surface area contributed by atoms with Crippen LogP contribution in [0.25, 0.3) is 0 Å². The van der Waals surface area contributed by atoms with E-state index in [4.69, 9.17) is 0 Å². The molecule has 2 heterocycles. The molecule has 1 aromatic carbocycles. The normalized spacial score (nSPS) is 16.2. The molecule has 0 spiro atoms. The molecule has 1 fully saturated rings. The predicted octanol–water partition coefficient (Wildman–Crippen LogP) is 4.06. The number of aromatic nitrogens is 1. The number of likely N-dealkylation sites (tertiary alicyclic amines) is 1. The molecule has 29 heavy (non-hydrogen) atoms. The Morgan fingerprint density at radius 3 is 2.72 bits per heavy atom. The molecule has 1 aliphatic rings. The Labute approximate surface area is 183 Å². The number of guanidine groups is 1. The van der Waals surface area contributed by atoms with Crippen molar-refractivity contribution in [3.63, 3.8) is 0 Å². The highest BCUT2D eigenvalue weighted by Gasteiger charge is 2.20. The van der Waals surface area contributed by atoms with Gasteiger partial charge in [-0.05, 0) is 69.1 Å². The van der Waals surface area contributed by atoms with Gasteiger partial charge in [0, 0.05) is 37.0 Å². The van der Waals surface area contributed by atoms with E-state index in [1.54, 1.807) is 23.1 Å². The van der Waals surface area contributed by atoms with Gasteiger partial charge >= 0.3 is 0 Å². The van der Waals surface area contributed by atoms with Crippen molar-refractivity contribution < 1.29 is 0 Å². The molecule has 5 nitrogen and oxygen atoms in total. The molecule has 1 aromatic heterocycles. The van der Waals surface area contributed by atoms with Gasteiger partial charge in [0.15, 0.2) is 5.96 Å². The summed E-state index contributed by atoms with van der Waals surface area (Å²) in [5, 5.41) is 10.4. The van der Waals surface area contributed by atoms with Gasteiger partial charge in [-0.1, -0.05) is 12.1 Å². The van der Waals surface area contributed by atoms with E-state index in [1.165, 1.54) is 34.6 Å². The van der Waals surface area contributed by atoms with Crippen molar-refractivity contribution in [1.82, 2.24) is 20.5 Å². The largest absolute Gasteiger partial charge is 0.356 e. The van der Waals surface area contributed by atoms with Gasteiger partial charge in [-0.15, -0.1) is 23.1 Å². The van der Waals surface area contributed by atoms with Crippen LogP contribution in [0.4, 0.5) is 0 Å². The predicted molar refractivity (Wildman–Crippen MR) is 126 cm³/mol. The summed E-state index contributed by atoms with van der Waals surface area (Å²) in [7, 11) is 1.85. The van der Waals surface area contributed by atoms with Crippen LogP contribution in [0.15, 0.2) is 33.5 Å². The van der Waals surface area contributed by atoms with Gasteiger partial charge in [0.2, 0.25) is 0 Å². The number of thioether (sulfide) groups is 1. The smallest absolute Gasteiger partial charge is 0.191 e. The Kier molecular flexibility index (Phi) is 8.39. The Morgan fingerprint density at radius 2 is 2.07 bits per heavy atom. The summed E-state index contributed by atoms with van der Waals surface area (Å²) in [6, 6.07) is 6.63. The highest BCUT2D eigenvalue weighted by atomic mass is 32.2. The molecule has 1 aliphatic heterocycles. The van der Waals surface area contributed by atoms with Gasteiger partial charge in [-0.2, -0.15) is 0 Å². The molecule has 0 radical (unpaired) electrons. The van der Waals surface area contributed by atoms with E-state index in [9.17, 15) is 0 Å². The summed E-state index contributed by atoms with van der Waals surface area (Å²) in [6.07, 6.45) is 4.58. The lowest BCUT2D eigenvalue weighted by atomic mass is 9.97. The molecule has 0 bridgehead atoms. The zero-order valence-corrected chi connectivity index (χ0v) is 19.6. The average Bonchev–Trinajstić information content (AvgIpc) is 3.14. The maximum absolute atomic E-state index is 4.60. The summed E-state index contributed by atoms with van der Waals surface area (Å²) in [4.78, 5) is 12.9. The third kappa shape index (κ3) is 6.73. The third-order valence-electron chi connectivity index (χ3n) is 5.43. The van der Waals surface area contributed by atoms with Crippen molar-refractivity contribution in [2.75, 3.05) is 32.9 Å². The number of rotatable bonds is 7. The molecule has 0 atom stereocenters. The quantitative estimate of drug-likeness (QED) is 0.393. The molecular formula is C22H33N5S2. The first-order valence-electron chi connectivity index (χ1n) is 10.3. The topological polar surface area (TPSA) is 52.6 Å². The Morgan fingerprint density at radius 1 is 1.28 bits per heavy atom. The number of nitrogens with zero attached hydrogens (tertiary/aromatic N) is 3. The highest BCUT2D eigenvalue weighted by molar-refractivity contribution is 7.98. The minimum Gasteiger partial charge on any atom is -0.356 e. The zero-order chi connectivity index (χ0) is 20.6. The Balaban J connectivity index is 1.40. The molecule has 2 aromatic rings. The van der Waals surface area contributed by atoms with E-state index in [2.05, 4.69) is 69.2 Å². The van der Waals surface area contributed by atoms with Crippen LogP contribution < -0.4 is 10.6 Å². The van der Waals surface area contributed by atoms with Crippen LogP contribution in [0, 0.1) is 19.8 Å². The van der Waals surface area contributed by atoms with E-state index < -0.39 is 0 Å². The summed E-state index contributed by atoms with van der Waals surface area (Å²) in [5.41, 5.74) is 3.84. The number of benzene rings is 1. The van der Waals surface area contributed by atoms with E-state index in [1.807, 2.05) is 7.05 Å². The molecule has 3 rings (SSSR count). The zero-order valence-electron chi connectivity index (χ0n) is 18.0. The van der Waals surface area contributed by atoms with Crippen molar-refractivity contribution in [3.8, 4) is 0 Å². The molecular weight excluding hydrogens is 398 g/mol. The average molecular weight is 432 g/mol. The standard InChI is InChI=1S/C22H33N5S2/c1-16-5-6-19(21(11-16)28-4)13-25-22(23-3)24-12-18-7-9-27(10-8-18)14-20-15-29-17(2)26-20/h5-6,11,15,18H,7-10,12-14H2,1-4H3,(H2,23,24,25). The SMILES string of the molecule is CN=C(NCc1ccc(C)cc1SC)NCC1CCN(Cc2csc(C)n2)CC1. The van der Waals surface area contributed by atoms with Crippen LogP contribution >= 0.6 is 23.1 Å². The second-order valence-electron chi connectivity index (χ2n) is 7.70. The first kappa shape index (κ1) is 22.1. The fourth-order valence-corrected chi connectivity index (χ4v) is 5.01. The summed E-state index contributed by atoms with van der Waals surface area (Å²) in [5.74, 6) is 1.58. The van der Waals surface area contributed by atoms with Crippen molar-refractivity contribution in [2.45, 2.75) is 44.7 Å². The van der Waals surface area contributed by atoms with Gasteiger partial charge in [-0.3, -0.25) is 9.89 Å². The Bertz CT molecular complexity index is 809. The van der Waals surface area contributed by atoms with Crippen molar-refractivity contribution in [2.24, 2.45) is 10.9 Å². The van der Waals surface area contributed by atoms with E-state index in [-0.39, 0.29) is 0 Å². The fraction of sp³-hybridized carbons (Fsp3) is 0.545. The molecule has 0 aliphatic carbocycles. The van der Waals surface area contributed by atoms with E-state index in [0.717, 1.165) is 43.7 Å². The van der Waals surface area contributed by atoms with Crippen LogP contribution in [0.5, 0.6) is 0 Å². The third-order valence-corrected chi connectivity index (χ3v) is 7.07. The minimum absolute atomic E-state index is 0.697. The summed E-state index contributed by atoms with van der Waals surface area (Å²) < 4.78 is 0. The molecule has 0 saturated carbocycles. The monoisotopic (exact) mass is 431 g/mol. The molecule has 158 valence electrons. The number of aliphatic imine (C=N–C) groups is 1. The van der Waals surface area contributed by atoms with Gasteiger partial charge in [0.25, 0.3) is 0 Å². The number of hydrogen-bond donors (Lipinski definition) is 2. The number of hydrogen-bond acceptors (Lipinski definition) is 5. The van der Waals surface area contributed by atoms with Crippen LogP contribution in [-0.2, 0) is 13.1 Å². The number of aryl methyl sites for hydroxylation is 2. The highest BCUT2D eigenvalue weighted by Crippen LogP contribution is 2.22. The lowest BCUT2D eigenvalue weighted by Crippen LogP contribution is -2.42. The first-order valence-corrected chi connectivity index (χ1v) is 12.4. The summed E-state index contributed by atoms with van der Waals surface area (Å²) in [6.45, 7) is 9.27. The number of thiazole rings is 1. The van der Waals surface area contributed by atoms with E-state index in [0.29, 0.717) is 5.92 Å². The molecule has 7 heteroatoms. The lowest BCUT2D eigenvalue weighted by molar-refractivity contribution is 0.176. The van der Waals surface area contributed by atoms with E-state index >= 15 is 0 Å². The molecule has 0 amide bonds. The van der Waals surface area contributed by atoms with Gasteiger partial charge < -0.3 is 10.6 Å². The second-order valence-corrected chi connectivity index (χ2v) is 9.61. The second kappa shape index (κ2) is 11.0. The summed E-state index contributed by atoms with van der Waals surface area (Å²) >= 11 is 3.54. The lowest BCUT2D eigenvalue weighted by Gasteiger charge is -2.31. The first-order chi connectivity index (χ1) is 14.1. The van der Waals surface area contributed by atoms with Crippen LogP contribution in [0.3, 0.4) is 0 Å². The van der Waals surface area contributed by atoms with Crippen molar-refractivity contribution in [1.29, 1.82) is 0 Å². The molecule has 2 N–H and O–H groups in total. The number of nitrogens with one attached hydrogen (secondary N) is 2. The molecule has 1 saturated heterocycles. The van der Waals surface area contributed by atoms with Crippen LogP contribution in [-0.4, -0.2) is 48.8 Å². The van der Waals surface area contributed by atoms with Gasteiger partial charge in [0.05, 0.1) is 10.7 Å².